The third-order valence-corrected chi connectivity index (χ3v) is 2.28. The molecule has 0 aliphatic rings. The zero-order valence-corrected chi connectivity index (χ0v) is 9.17. The summed E-state index contributed by atoms with van der Waals surface area (Å²) in [4.78, 5) is 32.8. The number of aryl methyl sites for hydroxylation is 1. The van der Waals surface area contributed by atoms with E-state index in [1.54, 1.807) is 0 Å². The first kappa shape index (κ1) is 12.2. The lowest BCUT2D eigenvalue weighted by Crippen LogP contribution is -2.38. The first-order valence-corrected chi connectivity index (χ1v) is 4.94. The normalized spacial score (nSPS) is 10.4. The lowest BCUT2D eigenvalue weighted by molar-refractivity contribution is -0.387. The van der Waals surface area contributed by atoms with Crippen molar-refractivity contribution in [2.45, 2.75) is 26.3 Å². The number of rotatable bonds is 4. The fourth-order valence-electron chi connectivity index (χ4n) is 1.32. The number of hydrogen-bond donors (Lipinski definition) is 0. The van der Waals surface area contributed by atoms with Crippen molar-refractivity contribution >= 4 is 5.69 Å². The van der Waals surface area contributed by atoms with Gasteiger partial charge >= 0.3 is 16.9 Å². The van der Waals surface area contributed by atoms with Gasteiger partial charge in [-0.2, -0.15) is 0 Å². The van der Waals surface area contributed by atoms with Crippen LogP contribution in [0.1, 0.15) is 19.8 Å². The third kappa shape index (κ3) is 2.18. The Kier molecular flexibility index (Phi) is 3.60. The van der Waals surface area contributed by atoms with Crippen molar-refractivity contribution in [2.75, 3.05) is 0 Å². The standard InChI is InChI=1S/C9H13N3O4/c1-3-4-5-11-6-7(12(15)16)8(13)10(2)9(11)14/h6H,3-5H2,1-2H3. The topological polar surface area (TPSA) is 87.1 Å². The lowest BCUT2D eigenvalue weighted by Gasteiger charge is -2.05. The van der Waals surface area contributed by atoms with Gasteiger partial charge in [0.1, 0.15) is 0 Å². The minimum Gasteiger partial charge on any atom is -0.293 e. The average molecular weight is 227 g/mol. The van der Waals surface area contributed by atoms with E-state index in [9.17, 15) is 19.7 Å². The van der Waals surface area contributed by atoms with E-state index in [4.69, 9.17) is 0 Å². The van der Waals surface area contributed by atoms with E-state index in [1.807, 2.05) is 6.92 Å². The summed E-state index contributed by atoms with van der Waals surface area (Å²) in [5.41, 5.74) is -1.97. The molecule has 0 aliphatic carbocycles. The SMILES string of the molecule is CCCCn1cc([N+](=O)[O-])c(=O)n(C)c1=O. The van der Waals surface area contributed by atoms with Gasteiger partial charge in [-0.25, -0.2) is 4.79 Å². The number of aromatic nitrogens is 2. The fraction of sp³-hybridized carbons (Fsp3) is 0.556. The van der Waals surface area contributed by atoms with Gasteiger partial charge in [-0.3, -0.25) is 24.0 Å². The van der Waals surface area contributed by atoms with Crippen LogP contribution in [0.15, 0.2) is 15.8 Å². The van der Waals surface area contributed by atoms with Gasteiger partial charge < -0.3 is 0 Å². The van der Waals surface area contributed by atoms with E-state index < -0.39 is 21.9 Å². The minimum absolute atomic E-state index is 0.379. The number of nitro groups is 1. The molecule has 0 fully saturated rings. The van der Waals surface area contributed by atoms with Gasteiger partial charge in [-0.15, -0.1) is 0 Å². The quantitative estimate of drug-likeness (QED) is 0.545. The molecule has 0 saturated carbocycles. The van der Waals surface area contributed by atoms with Gasteiger partial charge in [0, 0.05) is 13.6 Å². The Morgan fingerprint density at radius 3 is 2.56 bits per heavy atom. The van der Waals surface area contributed by atoms with Gasteiger partial charge in [-0.05, 0) is 6.42 Å². The summed E-state index contributed by atoms with van der Waals surface area (Å²) in [5, 5.41) is 10.6. The molecule has 1 rings (SSSR count). The number of nitrogens with zero attached hydrogens (tertiary/aromatic N) is 3. The van der Waals surface area contributed by atoms with Crippen LogP contribution >= 0.6 is 0 Å². The lowest BCUT2D eigenvalue weighted by atomic mass is 10.3. The monoisotopic (exact) mass is 227 g/mol. The molecule has 0 amide bonds. The fourth-order valence-corrected chi connectivity index (χ4v) is 1.32. The molecule has 0 bridgehead atoms. The first-order valence-electron chi connectivity index (χ1n) is 4.94. The predicted molar refractivity (Wildman–Crippen MR) is 57.5 cm³/mol. The molecule has 0 aromatic carbocycles. The maximum Gasteiger partial charge on any atom is 0.350 e. The highest BCUT2D eigenvalue weighted by Gasteiger charge is 2.17. The van der Waals surface area contributed by atoms with E-state index in [0.29, 0.717) is 6.54 Å². The van der Waals surface area contributed by atoms with Crippen molar-refractivity contribution in [3.05, 3.63) is 37.1 Å². The Morgan fingerprint density at radius 2 is 2.06 bits per heavy atom. The predicted octanol–water partition coefficient (Wildman–Crippen LogP) is 0.255. The molecule has 7 nitrogen and oxygen atoms in total. The van der Waals surface area contributed by atoms with Crippen molar-refractivity contribution in [3.63, 3.8) is 0 Å². The Balaban J connectivity index is 3.36. The summed E-state index contributed by atoms with van der Waals surface area (Å²) in [5.74, 6) is 0. The molecule has 0 radical (unpaired) electrons. The first-order chi connectivity index (χ1) is 7.49. The van der Waals surface area contributed by atoms with E-state index in [1.165, 1.54) is 11.6 Å². The van der Waals surface area contributed by atoms with E-state index in [0.717, 1.165) is 23.6 Å². The summed E-state index contributed by atoms with van der Waals surface area (Å²) in [7, 11) is 1.24. The van der Waals surface area contributed by atoms with Crippen LogP contribution in [0.4, 0.5) is 5.69 Å². The Bertz CT molecular complexity index is 514. The molecule has 0 N–H and O–H groups in total. The molecule has 0 aliphatic heterocycles. The molecule has 1 aromatic rings. The Morgan fingerprint density at radius 1 is 1.44 bits per heavy atom. The molecule has 0 saturated heterocycles. The van der Waals surface area contributed by atoms with Gasteiger partial charge in [0.15, 0.2) is 0 Å². The van der Waals surface area contributed by atoms with Crippen LogP contribution in [-0.2, 0) is 13.6 Å². The van der Waals surface area contributed by atoms with Gasteiger partial charge in [0.25, 0.3) is 0 Å². The Labute approximate surface area is 91.1 Å². The number of unbranched alkanes of at least 4 members (excludes halogenated alkanes) is 1. The summed E-state index contributed by atoms with van der Waals surface area (Å²) in [6.07, 6.45) is 2.61. The molecule has 1 heterocycles. The Hall–Kier alpha value is -1.92. The van der Waals surface area contributed by atoms with Crippen LogP contribution in [0.3, 0.4) is 0 Å². The molecule has 7 heteroatoms. The zero-order chi connectivity index (χ0) is 12.3. The van der Waals surface area contributed by atoms with Crippen molar-refractivity contribution in [2.24, 2.45) is 7.05 Å². The van der Waals surface area contributed by atoms with E-state index in [2.05, 4.69) is 0 Å². The molecule has 88 valence electrons. The van der Waals surface area contributed by atoms with Crippen LogP contribution in [0.5, 0.6) is 0 Å². The van der Waals surface area contributed by atoms with E-state index >= 15 is 0 Å². The molecule has 1 aromatic heterocycles. The molecule has 0 atom stereocenters. The summed E-state index contributed by atoms with van der Waals surface area (Å²) in [6, 6.07) is 0. The highest BCUT2D eigenvalue weighted by molar-refractivity contribution is 5.21. The van der Waals surface area contributed by atoms with Gasteiger partial charge in [-0.1, -0.05) is 13.3 Å². The second-order valence-electron chi connectivity index (χ2n) is 3.47. The van der Waals surface area contributed by atoms with Crippen LogP contribution in [0, 0.1) is 10.1 Å². The van der Waals surface area contributed by atoms with Gasteiger partial charge in [0.2, 0.25) is 0 Å². The average Bonchev–Trinajstić information content (AvgIpc) is 2.24. The molecule has 0 spiro atoms. The maximum atomic E-state index is 11.6. The van der Waals surface area contributed by atoms with Crippen molar-refractivity contribution < 1.29 is 4.92 Å². The van der Waals surface area contributed by atoms with Crippen molar-refractivity contribution in [1.82, 2.24) is 9.13 Å². The minimum atomic E-state index is -0.872. The van der Waals surface area contributed by atoms with Crippen molar-refractivity contribution in [3.8, 4) is 0 Å². The molecular weight excluding hydrogens is 214 g/mol. The molecule has 0 unspecified atom stereocenters. The second-order valence-corrected chi connectivity index (χ2v) is 3.47. The zero-order valence-electron chi connectivity index (χ0n) is 9.17. The third-order valence-electron chi connectivity index (χ3n) is 2.28. The number of hydrogen-bond acceptors (Lipinski definition) is 4. The van der Waals surface area contributed by atoms with Crippen LogP contribution in [0.2, 0.25) is 0 Å². The van der Waals surface area contributed by atoms with Gasteiger partial charge in [0.05, 0.1) is 11.1 Å². The maximum absolute atomic E-state index is 11.6. The van der Waals surface area contributed by atoms with Crippen molar-refractivity contribution in [1.29, 1.82) is 0 Å². The molecule has 16 heavy (non-hydrogen) atoms. The largest absolute Gasteiger partial charge is 0.350 e. The second kappa shape index (κ2) is 4.73. The smallest absolute Gasteiger partial charge is 0.293 e. The summed E-state index contributed by atoms with van der Waals surface area (Å²) in [6.45, 7) is 2.33. The highest BCUT2D eigenvalue weighted by Crippen LogP contribution is 2.01. The highest BCUT2D eigenvalue weighted by atomic mass is 16.6. The molecular formula is C9H13N3O4. The van der Waals surface area contributed by atoms with E-state index in [-0.39, 0.29) is 0 Å². The van der Waals surface area contributed by atoms with Crippen LogP contribution in [0.25, 0.3) is 0 Å². The van der Waals surface area contributed by atoms with Crippen LogP contribution in [-0.4, -0.2) is 14.1 Å². The van der Waals surface area contributed by atoms with Crippen LogP contribution < -0.4 is 11.2 Å². The summed E-state index contributed by atoms with van der Waals surface area (Å²) >= 11 is 0. The summed E-state index contributed by atoms with van der Waals surface area (Å²) < 4.78 is 1.96.